The monoisotopic (exact) mass is 230 g/mol. The molecule has 0 rings (SSSR count). The molecule has 0 radical (unpaired) electrons. The maximum atomic E-state index is 11.4. The first kappa shape index (κ1) is 14.4. The number of esters is 1. The highest BCUT2D eigenvalue weighted by Crippen LogP contribution is 2.21. The summed E-state index contributed by atoms with van der Waals surface area (Å²) in [4.78, 5) is 11.4. The van der Waals surface area contributed by atoms with Gasteiger partial charge in [-0.05, 0) is 25.9 Å². The van der Waals surface area contributed by atoms with Gasteiger partial charge in [-0.2, -0.15) is 0 Å². The summed E-state index contributed by atoms with van der Waals surface area (Å²) in [5.74, 6) is -0.314. The summed E-state index contributed by atoms with van der Waals surface area (Å²) in [6, 6.07) is 0.936. The second-order valence-electron chi connectivity index (χ2n) is 3.95. The quantitative estimate of drug-likeness (QED) is 0.400. The zero-order chi connectivity index (χ0) is 12.1. The molecule has 4 heteroatoms. The molecule has 0 bridgehead atoms. The van der Waals surface area contributed by atoms with Gasteiger partial charge in [0.1, 0.15) is 5.73 Å². The molecule has 0 aromatic heterocycles. The van der Waals surface area contributed by atoms with Gasteiger partial charge in [0.15, 0.2) is 0 Å². The minimum Gasteiger partial charge on any atom is -0.460 e. The first-order valence-corrected chi connectivity index (χ1v) is 8.02. The minimum atomic E-state index is -1.92. The van der Waals surface area contributed by atoms with Crippen LogP contribution in [0.4, 0.5) is 0 Å². The summed E-state index contributed by atoms with van der Waals surface area (Å²) in [6.45, 7) is 11.4. The Hall–Kier alpha value is -0.613. The van der Waals surface area contributed by atoms with Gasteiger partial charge in [-0.1, -0.05) is 20.4 Å². The largest absolute Gasteiger partial charge is 0.460 e. The lowest BCUT2D eigenvalue weighted by Gasteiger charge is -2.32. The fourth-order valence-corrected chi connectivity index (χ4v) is 3.60. The third kappa shape index (κ3) is 3.79. The molecule has 2 unspecified atom stereocenters. The molecule has 0 aromatic rings. The van der Waals surface area contributed by atoms with E-state index in [2.05, 4.69) is 20.0 Å². The standard InChI is InChI=1S/C11H22O3Si/c1-7-10(14-11(12)9(3)4)15(6,8-2)13-5/h10H,3,7-8H2,1-2,4-6H3. The molecule has 0 N–H and O–H groups in total. The van der Waals surface area contributed by atoms with Crippen molar-refractivity contribution in [2.75, 3.05) is 7.11 Å². The summed E-state index contributed by atoms with van der Waals surface area (Å²) in [5.41, 5.74) is 0.355. The van der Waals surface area contributed by atoms with Crippen LogP contribution in [0.5, 0.6) is 0 Å². The van der Waals surface area contributed by atoms with Crippen LogP contribution in [-0.2, 0) is 14.0 Å². The zero-order valence-electron chi connectivity index (χ0n) is 10.4. The van der Waals surface area contributed by atoms with Gasteiger partial charge in [-0.25, -0.2) is 4.79 Å². The van der Waals surface area contributed by atoms with Crippen LogP contribution in [0.15, 0.2) is 12.2 Å². The molecule has 15 heavy (non-hydrogen) atoms. The smallest absolute Gasteiger partial charge is 0.333 e. The molecule has 0 aliphatic heterocycles. The van der Waals surface area contributed by atoms with Gasteiger partial charge in [0.25, 0.3) is 0 Å². The zero-order valence-corrected chi connectivity index (χ0v) is 11.4. The van der Waals surface area contributed by atoms with Crippen LogP contribution in [0.1, 0.15) is 27.2 Å². The number of carbonyl (C=O) groups is 1. The number of rotatable bonds is 6. The van der Waals surface area contributed by atoms with E-state index in [0.29, 0.717) is 5.57 Å². The summed E-state index contributed by atoms with van der Waals surface area (Å²) in [7, 11) is -0.218. The predicted octanol–water partition coefficient (Wildman–Crippen LogP) is 2.67. The van der Waals surface area contributed by atoms with E-state index in [1.54, 1.807) is 14.0 Å². The molecule has 0 aliphatic rings. The Morgan fingerprint density at radius 3 is 2.27 bits per heavy atom. The van der Waals surface area contributed by atoms with E-state index >= 15 is 0 Å². The molecule has 0 aromatic carbocycles. The Bertz CT molecular complexity index is 234. The predicted molar refractivity (Wildman–Crippen MR) is 64.1 cm³/mol. The second kappa shape index (κ2) is 6.08. The summed E-state index contributed by atoms with van der Waals surface area (Å²) in [5, 5.41) is 0. The van der Waals surface area contributed by atoms with Crippen molar-refractivity contribution in [2.45, 2.75) is 45.5 Å². The Morgan fingerprint density at radius 1 is 1.47 bits per heavy atom. The third-order valence-electron chi connectivity index (χ3n) is 2.82. The molecule has 88 valence electrons. The molecule has 0 spiro atoms. The molecule has 2 atom stereocenters. The molecular weight excluding hydrogens is 208 g/mol. The van der Waals surface area contributed by atoms with Gasteiger partial charge in [0.2, 0.25) is 8.32 Å². The van der Waals surface area contributed by atoms with E-state index < -0.39 is 8.32 Å². The highest BCUT2D eigenvalue weighted by Gasteiger charge is 2.38. The molecule has 0 saturated heterocycles. The second-order valence-corrected chi connectivity index (χ2v) is 8.34. The van der Waals surface area contributed by atoms with Crippen LogP contribution in [-0.4, -0.2) is 27.1 Å². The molecule has 0 aliphatic carbocycles. The van der Waals surface area contributed by atoms with Crippen molar-refractivity contribution in [1.82, 2.24) is 0 Å². The average molecular weight is 230 g/mol. The lowest BCUT2D eigenvalue weighted by Crippen LogP contribution is -2.48. The van der Waals surface area contributed by atoms with E-state index in [0.717, 1.165) is 12.5 Å². The van der Waals surface area contributed by atoms with Crippen LogP contribution < -0.4 is 0 Å². The van der Waals surface area contributed by atoms with Crippen LogP contribution in [0.3, 0.4) is 0 Å². The van der Waals surface area contributed by atoms with Crippen LogP contribution >= 0.6 is 0 Å². The minimum absolute atomic E-state index is 0.0864. The van der Waals surface area contributed by atoms with Crippen molar-refractivity contribution in [2.24, 2.45) is 0 Å². The topological polar surface area (TPSA) is 35.5 Å². The number of carbonyl (C=O) groups excluding carboxylic acids is 1. The van der Waals surface area contributed by atoms with Crippen molar-refractivity contribution < 1.29 is 14.0 Å². The maximum absolute atomic E-state index is 11.4. The van der Waals surface area contributed by atoms with Crippen molar-refractivity contribution in [3.8, 4) is 0 Å². The third-order valence-corrected chi connectivity index (χ3v) is 7.04. The first-order valence-electron chi connectivity index (χ1n) is 5.32. The van der Waals surface area contributed by atoms with E-state index in [1.165, 1.54) is 0 Å². The maximum Gasteiger partial charge on any atom is 0.333 e. The Morgan fingerprint density at radius 2 is 2.00 bits per heavy atom. The van der Waals surface area contributed by atoms with Crippen molar-refractivity contribution >= 4 is 14.3 Å². The molecule has 0 amide bonds. The van der Waals surface area contributed by atoms with Gasteiger partial charge in [-0.15, -0.1) is 0 Å². The summed E-state index contributed by atoms with van der Waals surface area (Å²) >= 11 is 0. The SMILES string of the molecule is C=C(C)C(=O)OC(CC)[Si](C)(CC)OC. The number of hydrogen-bond donors (Lipinski definition) is 0. The average Bonchev–Trinajstić information content (AvgIpc) is 2.24. The highest BCUT2D eigenvalue weighted by molar-refractivity contribution is 6.73. The van der Waals surface area contributed by atoms with Crippen molar-refractivity contribution in [3.05, 3.63) is 12.2 Å². The van der Waals surface area contributed by atoms with Gasteiger partial charge in [0, 0.05) is 12.7 Å². The van der Waals surface area contributed by atoms with E-state index in [9.17, 15) is 4.79 Å². The van der Waals surface area contributed by atoms with Crippen LogP contribution in [0.25, 0.3) is 0 Å². The molecular formula is C11H22O3Si. The Labute approximate surface area is 93.6 Å². The Kier molecular flexibility index (Phi) is 5.83. The van der Waals surface area contributed by atoms with Crippen LogP contribution in [0, 0.1) is 0 Å². The fourth-order valence-electron chi connectivity index (χ4n) is 1.37. The summed E-state index contributed by atoms with van der Waals surface area (Å²) in [6.07, 6.45) is 0.795. The van der Waals surface area contributed by atoms with E-state index in [1.807, 2.05) is 6.92 Å². The molecule has 3 nitrogen and oxygen atoms in total. The van der Waals surface area contributed by atoms with Crippen molar-refractivity contribution in [3.63, 3.8) is 0 Å². The normalized spacial score (nSPS) is 16.6. The summed E-state index contributed by atoms with van der Waals surface area (Å²) < 4.78 is 11.0. The van der Waals surface area contributed by atoms with Crippen LogP contribution in [0.2, 0.25) is 12.6 Å². The lowest BCUT2D eigenvalue weighted by molar-refractivity contribution is -0.141. The number of ether oxygens (including phenoxy) is 1. The van der Waals surface area contributed by atoms with E-state index in [4.69, 9.17) is 9.16 Å². The lowest BCUT2D eigenvalue weighted by atomic mass is 10.4. The van der Waals surface area contributed by atoms with Gasteiger partial charge in [0.05, 0.1) is 0 Å². The highest BCUT2D eigenvalue weighted by atomic mass is 28.4. The molecule has 0 fully saturated rings. The van der Waals surface area contributed by atoms with Gasteiger partial charge in [-0.3, -0.25) is 0 Å². The fraction of sp³-hybridized carbons (Fsp3) is 0.727. The molecule has 0 heterocycles. The number of hydrogen-bond acceptors (Lipinski definition) is 3. The van der Waals surface area contributed by atoms with Crippen molar-refractivity contribution in [1.29, 1.82) is 0 Å². The molecule has 0 saturated carbocycles. The van der Waals surface area contributed by atoms with Gasteiger partial charge >= 0.3 is 5.97 Å². The van der Waals surface area contributed by atoms with E-state index in [-0.39, 0.29) is 11.7 Å². The van der Waals surface area contributed by atoms with Gasteiger partial charge < -0.3 is 9.16 Å². The first-order chi connectivity index (χ1) is 6.91. The Balaban J connectivity index is 4.61.